The van der Waals surface area contributed by atoms with Gasteiger partial charge in [0.1, 0.15) is 31.1 Å². The third-order valence-electron chi connectivity index (χ3n) is 3.02. The van der Waals surface area contributed by atoms with Crippen molar-refractivity contribution in [2.24, 2.45) is 0 Å². The van der Waals surface area contributed by atoms with E-state index >= 15 is 0 Å². The minimum Gasteiger partial charge on any atom is -0.394 e. The normalized spacial score (nSPS) is 30.7. The van der Waals surface area contributed by atoms with Gasteiger partial charge >= 0.3 is 5.69 Å². The number of alkyl halides is 1. The number of nitrogens with one attached hydrogen (secondary N) is 2. The van der Waals surface area contributed by atoms with Crippen LogP contribution in [0.2, 0.25) is 0 Å². The summed E-state index contributed by atoms with van der Waals surface area (Å²) in [6.07, 6.45) is -5.32. The fraction of sp³-hybridized carbons (Fsp3) is 0.600. The maximum Gasteiger partial charge on any atom is 0.325 e. The van der Waals surface area contributed by atoms with E-state index in [0.717, 1.165) is 0 Å². The predicted molar refractivity (Wildman–Crippen MR) is 59.2 cm³/mol. The van der Waals surface area contributed by atoms with Crippen LogP contribution in [-0.2, 0) is 11.4 Å². The molecule has 1 saturated heterocycles. The first-order valence-corrected chi connectivity index (χ1v) is 5.53. The summed E-state index contributed by atoms with van der Waals surface area (Å²) in [7, 11) is 0. The molecule has 0 aliphatic carbocycles. The maximum absolute atomic E-state index is 12.8. The second-order valence-corrected chi connectivity index (χ2v) is 4.19. The number of halogens is 1. The molecule has 2 rings (SSSR count). The molecule has 0 amide bonds. The first kappa shape index (κ1) is 13.9. The first-order chi connectivity index (χ1) is 8.99. The van der Waals surface area contributed by atoms with E-state index in [-0.39, 0.29) is 11.3 Å². The van der Waals surface area contributed by atoms with E-state index in [2.05, 4.69) is 4.98 Å². The lowest BCUT2D eigenvalue weighted by Crippen LogP contribution is -2.35. The monoisotopic (exact) mass is 275 g/mol. The van der Waals surface area contributed by atoms with Crippen LogP contribution >= 0.6 is 0 Å². The van der Waals surface area contributed by atoms with Crippen LogP contribution < -0.4 is 11.2 Å². The highest BCUT2D eigenvalue weighted by Gasteiger charge is 2.45. The zero-order valence-electron chi connectivity index (χ0n) is 9.67. The van der Waals surface area contributed by atoms with Crippen LogP contribution in [0.25, 0.3) is 0 Å². The molecule has 1 fully saturated rings. The van der Waals surface area contributed by atoms with E-state index in [1.54, 1.807) is 0 Å². The van der Waals surface area contributed by atoms with Gasteiger partial charge in [0.2, 0.25) is 0 Å². The molecule has 1 aliphatic heterocycles. The SMILES string of the molecule is O=c1[nH]c(C[18F])c(C2O[C@H](CO)[C@@H](O)[C@@H]2O)c(=O)[nH]1. The van der Waals surface area contributed by atoms with Crippen molar-refractivity contribution >= 4 is 0 Å². The first-order valence-electron chi connectivity index (χ1n) is 5.53. The number of hydrogen-bond donors (Lipinski definition) is 5. The maximum atomic E-state index is 12.8. The number of aromatic amines is 2. The number of rotatable bonds is 3. The van der Waals surface area contributed by atoms with E-state index in [1.807, 2.05) is 4.98 Å². The van der Waals surface area contributed by atoms with Crippen molar-refractivity contribution in [3.05, 3.63) is 32.1 Å². The molecule has 106 valence electrons. The Morgan fingerprint density at radius 2 is 1.89 bits per heavy atom. The second kappa shape index (κ2) is 5.21. The lowest BCUT2D eigenvalue weighted by Gasteiger charge is -2.15. The topological polar surface area (TPSA) is 136 Å². The zero-order valence-corrected chi connectivity index (χ0v) is 9.67. The highest BCUT2D eigenvalue weighted by Crippen LogP contribution is 2.32. The van der Waals surface area contributed by atoms with Crippen molar-refractivity contribution in [3.63, 3.8) is 0 Å². The highest BCUT2D eigenvalue weighted by molar-refractivity contribution is 5.22. The number of hydrogen-bond acceptors (Lipinski definition) is 6. The molecule has 0 aromatic carbocycles. The lowest BCUT2D eigenvalue weighted by molar-refractivity contribution is -0.0236. The van der Waals surface area contributed by atoms with Crippen molar-refractivity contribution in [1.82, 2.24) is 9.97 Å². The van der Waals surface area contributed by atoms with Crippen LogP contribution in [0.5, 0.6) is 0 Å². The van der Waals surface area contributed by atoms with Crippen molar-refractivity contribution in [2.45, 2.75) is 31.1 Å². The van der Waals surface area contributed by atoms with Gasteiger partial charge in [0.25, 0.3) is 5.56 Å². The summed E-state index contributed by atoms with van der Waals surface area (Å²) in [4.78, 5) is 26.7. The summed E-state index contributed by atoms with van der Waals surface area (Å²) in [5, 5.41) is 28.3. The minimum atomic E-state index is -1.51. The van der Waals surface area contributed by atoms with Gasteiger partial charge in [0.05, 0.1) is 17.9 Å². The largest absolute Gasteiger partial charge is 0.394 e. The molecular formula is C10H13FN2O6. The molecule has 8 nitrogen and oxygen atoms in total. The molecule has 1 aromatic rings. The molecule has 5 N–H and O–H groups in total. The molecule has 1 unspecified atom stereocenters. The van der Waals surface area contributed by atoms with Gasteiger partial charge in [-0.25, -0.2) is 9.18 Å². The Kier molecular flexibility index (Phi) is 3.80. The van der Waals surface area contributed by atoms with Crippen molar-refractivity contribution in [2.75, 3.05) is 6.61 Å². The Hall–Kier alpha value is -1.55. The van der Waals surface area contributed by atoms with Crippen LogP contribution in [0, 0.1) is 0 Å². The Balaban J connectivity index is 2.48. The van der Waals surface area contributed by atoms with Gasteiger partial charge in [-0.15, -0.1) is 0 Å². The van der Waals surface area contributed by atoms with Gasteiger partial charge in [0, 0.05) is 0 Å². The molecule has 9 heteroatoms. The van der Waals surface area contributed by atoms with Gasteiger partial charge in [-0.05, 0) is 0 Å². The summed E-state index contributed by atoms with van der Waals surface area (Å²) < 4.78 is 18.0. The third-order valence-corrected chi connectivity index (χ3v) is 3.02. The average Bonchev–Trinajstić information content (AvgIpc) is 2.65. The number of H-pyrrole nitrogens is 2. The number of aromatic nitrogens is 2. The third kappa shape index (κ3) is 2.32. The van der Waals surface area contributed by atoms with Gasteiger partial charge in [-0.1, -0.05) is 0 Å². The average molecular weight is 275 g/mol. The van der Waals surface area contributed by atoms with Gasteiger partial charge < -0.3 is 25.0 Å². The van der Waals surface area contributed by atoms with E-state index in [9.17, 15) is 24.2 Å². The predicted octanol–water partition coefficient (Wildman–Crippen LogP) is -2.31. The van der Waals surface area contributed by atoms with Crippen molar-refractivity contribution < 1.29 is 24.4 Å². The number of aliphatic hydroxyl groups is 3. The molecule has 2 heterocycles. The van der Waals surface area contributed by atoms with Gasteiger partial charge in [-0.3, -0.25) is 9.78 Å². The Morgan fingerprint density at radius 1 is 1.21 bits per heavy atom. The van der Waals surface area contributed by atoms with Gasteiger partial charge in [-0.2, -0.15) is 0 Å². The Labute approximate surface area is 105 Å². The molecule has 0 saturated carbocycles. The van der Waals surface area contributed by atoms with E-state index < -0.39 is 48.9 Å². The van der Waals surface area contributed by atoms with E-state index in [0.29, 0.717) is 0 Å². The summed E-state index contributed by atoms with van der Waals surface area (Å²) in [6, 6.07) is 0. The molecule has 0 radical (unpaired) electrons. The summed E-state index contributed by atoms with van der Waals surface area (Å²) in [6.45, 7) is -1.71. The Bertz CT molecular complexity index is 570. The smallest absolute Gasteiger partial charge is 0.325 e. The van der Waals surface area contributed by atoms with Crippen molar-refractivity contribution in [3.8, 4) is 0 Å². The molecular weight excluding hydrogens is 262 g/mol. The lowest BCUT2D eigenvalue weighted by atomic mass is 10.0. The molecule has 1 aromatic heterocycles. The summed E-state index contributed by atoms with van der Waals surface area (Å²) in [5.41, 5.74) is -2.42. The molecule has 19 heavy (non-hydrogen) atoms. The van der Waals surface area contributed by atoms with Crippen LogP contribution in [0.3, 0.4) is 0 Å². The summed E-state index contributed by atoms with van der Waals surface area (Å²) >= 11 is 0. The van der Waals surface area contributed by atoms with Crippen LogP contribution in [0.4, 0.5) is 4.39 Å². The van der Waals surface area contributed by atoms with Crippen molar-refractivity contribution in [1.29, 1.82) is 0 Å². The summed E-state index contributed by atoms with van der Waals surface area (Å²) in [5.74, 6) is 0. The van der Waals surface area contributed by atoms with Crippen LogP contribution in [-0.4, -0.2) is 50.2 Å². The zero-order chi connectivity index (χ0) is 14.2. The number of aliphatic hydroxyl groups excluding tert-OH is 3. The highest BCUT2D eigenvalue weighted by atomic mass is 18.2. The quantitative estimate of drug-likeness (QED) is 0.420. The number of ether oxygens (including phenoxy) is 1. The van der Waals surface area contributed by atoms with Crippen LogP contribution in [0.15, 0.2) is 9.59 Å². The van der Waals surface area contributed by atoms with E-state index in [1.165, 1.54) is 0 Å². The Morgan fingerprint density at radius 3 is 2.42 bits per heavy atom. The molecule has 1 aliphatic rings. The second-order valence-electron chi connectivity index (χ2n) is 4.19. The minimum absolute atomic E-state index is 0.301. The molecule has 4 atom stereocenters. The standard InChI is InChI=1S/C10H13FN2O6/c11-1-3-5(9(17)13-10(18)12-3)8-7(16)6(15)4(2-14)19-8/h4,6-8,14-16H,1-2H2,(H2,12,13,17,18)/t4-,6-,7+,8?/m1/s1/i11-1. The molecule has 0 spiro atoms. The van der Waals surface area contributed by atoms with E-state index in [4.69, 9.17) is 9.84 Å². The molecule has 0 bridgehead atoms. The fourth-order valence-electron chi connectivity index (χ4n) is 2.09. The van der Waals surface area contributed by atoms with Crippen LogP contribution in [0.1, 0.15) is 17.4 Å². The fourth-order valence-corrected chi connectivity index (χ4v) is 2.09. The van der Waals surface area contributed by atoms with Gasteiger partial charge in [0.15, 0.2) is 0 Å².